The molecule has 4 rings (SSSR count). The maximum absolute atomic E-state index is 13.1. The van der Waals surface area contributed by atoms with Crippen molar-refractivity contribution in [3.8, 4) is 0 Å². The third-order valence-corrected chi connectivity index (χ3v) is 6.52. The lowest BCUT2D eigenvalue weighted by molar-refractivity contribution is -0.132. The Morgan fingerprint density at radius 2 is 1.86 bits per heavy atom. The molecular formula is C22H28ClN5O. The molecule has 0 spiro atoms. The third-order valence-electron chi connectivity index (χ3n) is 6.27. The van der Waals surface area contributed by atoms with E-state index in [0.29, 0.717) is 18.1 Å². The van der Waals surface area contributed by atoms with Gasteiger partial charge >= 0.3 is 0 Å². The van der Waals surface area contributed by atoms with Crippen LogP contribution in [-0.2, 0) is 16.6 Å². The first-order chi connectivity index (χ1) is 13.9. The van der Waals surface area contributed by atoms with E-state index < -0.39 is 0 Å². The number of anilines is 1. The van der Waals surface area contributed by atoms with Gasteiger partial charge in [-0.25, -0.2) is 9.97 Å². The molecule has 0 radical (unpaired) electrons. The van der Waals surface area contributed by atoms with E-state index in [1.54, 1.807) is 6.33 Å². The number of fused-ring (bicyclic) bond motifs is 1. The maximum atomic E-state index is 13.1. The topological polar surface area (TPSA) is 75.4 Å². The number of halogens is 1. The molecule has 1 aliphatic heterocycles. The van der Waals surface area contributed by atoms with Crippen molar-refractivity contribution in [2.75, 3.05) is 37.6 Å². The Bertz CT molecular complexity index is 891. The number of aryl methyl sites for hydroxylation is 1. The fourth-order valence-corrected chi connectivity index (χ4v) is 4.65. The fourth-order valence-electron chi connectivity index (χ4n) is 4.52. The highest BCUT2D eigenvalue weighted by molar-refractivity contribution is 6.30. The number of nitrogens with two attached hydrogens (primary N) is 1. The van der Waals surface area contributed by atoms with Gasteiger partial charge in [0.25, 0.3) is 0 Å². The molecule has 2 heterocycles. The lowest BCUT2D eigenvalue weighted by Crippen LogP contribution is -2.51. The Hall–Kier alpha value is -2.18. The smallest absolute Gasteiger partial charge is 0.231 e. The lowest BCUT2D eigenvalue weighted by Gasteiger charge is -2.38. The van der Waals surface area contributed by atoms with Crippen molar-refractivity contribution >= 4 is 23.3 Å². The number of hydrogen-bond acceptors (Lipinski definition) is 5. The number of aromatic nitrogens is 2. The van der Waals surface area contributed by atoms with E-state index in [-0.39, 0.29) is 23.8 Å². The normalized spacial score (nSPS) is 19.2. The van der Waals surface area contributed by atoms with Crippen LogP contribution in [0.15, 0.2) is 30.6 Å². The predicted octanol–water partition coefficient (Wildman–Crippen LogP) is 2.74. The molecule has 0 bridgehead atoms. The van der Waals surface area contributed by atoms with E-state index in [9.17, 15) is 4.79 Å². The van der Waals surface area contributed by atoms with E-state index in [0.717, 1.165) is 37.3 Å². The number of carbonyl (C=O) groups excluding carboxylic acids is 1. The van der Waals surface area contributed by atoms with Crippen LogP contribution in [0.1, 0.15) is 43.0 Å². The van der Waals surface area contributed by atoms with Gasteiger partial charge in [-0.05, 0) is 36.0 Å². The molecule has 0 saturated carbocycles. The van der Waals surface area contributed by atoms with Crippen LogP contribution < -0.4 is 10.6 Å². The summed E-state index contributed by atoms with van der Waals surface area (Å²) in [4.78, 5) is 26.5. The van der Waals surface area contributed by atoms with E-state index in [2.05, 4.69) is 28.7 Å². The number of amides is 1. The Labute approximate surface area is 177 Å². The number of hydrogen-bond donors (Lipinski definition) is 1. The van der Waals surface area contributed by atoms with Crippen LogP contribution in [0.25, 0.3) is 0 Å². The van der Waals surface area contributed by atoms with Gasteiger partial charge in [-0.2, -0.15) is 0 Å². The Morgan fingerprint density at radius 1 is 1.17 bits per heavy atom. The highest BCUT2D eigenvalue weighted by atomic mass is 35.5. The summed E-state index contributed by atoms with van der Waals surface area (Å²) < 4.78 is 0. The van der Waals surface area contributed by atoms with Crippen LogP contribution in [0.5, 0.6) is 0 Å². The highest BCUT2D eigenvalue weighted by Gasteiger charge is 2.36. The number of rotatable bonds is 4. The van der Waals surface area contributed by atoms with Crippen LogP contribution in [0.2, 0.25) is 5.02 Å². The van der Waals surface area contributed by atoms with E-state index in [1.807, 2.05) is 29.2 Å². The monoisotopic (exact) mass is 413 g/mol. The molecule has 2 aromatic rings. The molecule has 2 aliphatic rings. The first kappa shape index (κ1) is 20.1. The van der Waals surface area contributed by atoms with Crippen molar-refractivity contribution < 1.29 is 4.79 Å². The zero-order valence-electron chi connectivity index (χ0n) is 17.1. The summed E-state index contributed by atoms with van der Waals surface area (Å²) in [7, 11) is 0. The van der Waals surface area contributed by atoms with Gasteiger partial charge in [0.2, 0.25) is 5.91 Å². The van der Waals surface area contributed by atoms with E-state index in [4.69, 9.17) is 17.3 Å². The summed E-state index contributed by atoms with van der Waals surface area (Å²) in [5, 5.41) is 0.658. The van der Waals surface area contributed by atoms with Gasteiger partial charge in [0.15, 0.2) is 0 Å². The summed E-state index contributed by atoms with van der Waals surface area (Å²) in [6.45, 7) is 7.69. The number of piperazine rings is 1. The second-order valence-corrected chi connectivity index (χ2v) is 8.99. The molecule has 1 saturated heterocycles. The molecule has 6 nitrogen and oxygen atoms in total. The van der Waals surface area contributed by atoms with Crippen molar-refractivity contribution in [3.63, 3.8) is 0 Å². The summed E-state index contributed by atoms with van der Waals surface area (Å²) in [6, 6.07) is 7.39. The van der Waals surface area contributed by atoms with Gasteiger partial charge in [-0.1, -0.05) is 37.6 Å². The predicted molar refractivity (Wildman–Crippen MR) is 115 cm³/mol. The SMILES string of the molecule is CC1(C)CCc2ncnc(N3CCN(C(=O)[C@H](CN)c4ccc(Cl)cc4)CC3)c21. The van der Waals surface area contributed by atoms with Crippen molar-refractivity contribution in [1.29, 1.82) is 0 Å². The molecule has 1 aromatic heterocycles. The average molecular weight is 414 g/mol. The number of nitrogens with zero attached hydrogens (tertiary/aromatic N) is 4. The minimum absolute atomic E-state index is 0.0859. The molecule has 1 aromatic carbocycles. The maximum Gasteiger partial charge on any atom is 0.231 e. The summed E-state index contributed by atoms with van der Waals surface area (Å²) in [6.07, 6.45) is 3.79. The Balaban J connectivity index is 1.47. The van der Waals surface area contributed by atoms with Crippen molar-refractivity contribution in [3.05, 3.63) is 52.4 Å². The van der Waals surface area contributed by atoms with Crippen molar-refractivity contribution in [1.82, 2.24) is 14.9 Å². The van der Waals surface area contributed by atoms with E-state index >= 15 is 0 Å². The molecule has 1 fully saturated rings. The Kier molecular flexibility index (Phi) is 5.49. The first-order valence-electron chi connectivity index (χ1n) is 10.2. The molecule has 7 heteroatoms. The van der Waals surface area contributed by atoms with Gasteiger partial charge in [0.1, 0.15) is 12.1 Å². The largest absolute Gasteiger partial charge is 0.353 e. The molecule has 1 amide bonds. The second kappa shape index (κ2) is 7.92. The van der Waals surface area contributed by atoms with Gasteiger partial charge in [0, 0.05) is 49.0 Å². The zero-order valence-corrected chi connectivity index (χ0v) is 17.8. The molecule has 1 aliphatic carbocycles. The van der Waals surface area contributed by atoms with Crippen LogP contribution in [-0.4, -0.2) is 53.5 Å². The van der Waals surface area contributed by atoms with Crippen LogP contribution >= 0.6 is 11.6 Å². The average Bonchev–Trinajstić information content (AvgIpc) is 3.05. The minimum Gasteiger partial charge on any atom is -0.353 e. The summed E-state index contributed by atoms with van der Waals surface area (Å²) in [5.74, 6) is 0.793. The molecule has 1 atom stereocenters. The number of carbonyl (C=O) groups is 1. The lowest BCUT2D eigenvalue weighted by atomic mass is 9.87. The van der Waals surface area contributed by atoms with Gasteiger partial charge < -0.3 is 15.5 Å². The molecular weight excluding hydrogens is 386 g/mol. The number of benzene rings is 1. The van der Waals surface area contributed by atoms with Crippen molar-refractivity contribution in [2.45, 2.75) is 38.0 Å². The highest BCUT2D eigenvalue weighted by Crippen LogP contribution is 2.42. The van der Waals surface area contributed by atoms with E-state index in [1.165, 1.54) is 11.3 Å². The van der Waals surface area contributed by atoms with Gasteiger partial charge in [-0.3, -0.25) is 4.79 Å². The molecule has 0 unspecified atom stereocenters. The van der Waals surface area contributed by atoms with Gasteiger partial charge in [-0.15, -0.1) is 0 Å². The van der Waals surface area contributed by atoms with Crippen LogP contribution in [0, 0.1) is 0 Å². The standard InChI is InChI=1S/C22H28ClN5O/c1-22(2)8-7-18-19(22)20(26-14-25-18)27-9-11-28(12-10-27)21(29)17(13-24)15-3-5-16(23)6-4-15/h3-6,14,17H,7-13,24H2,1-2H3/t17-/m1/s1. The Morgan fingerprint density at radius 3 is 2.52 bits per heavy atom. The second-order valence-electron chi connectivity index (χ2n) is 8.56. The third kappa shape index (κ3) is 3.83. The quantitative estimate of drug-likeness (QED) is 0.834. The molecule has 29 heavy (non-hydrogen) atoms. The van der Waals surface area contributed by atoms with Crippen LogP contribution in [0.4, 0.5) is 5.82 Å². The zero-order chi connectivity index (χ0) is 20.6. The van der Waals surface area contributed by atoms with Gasteiger partial charge in [0.05, 0.1) is 5.92 Å². The fraction of sp³-hybridized carbons (Fsp3) is 0.500. The molecule has 154 valence electrons. The first-order valence-corrected chi connectivity index (χ1v) is 10.6. The molecule has 2 N–H and O–H groups in total. The van der Waals surface area contributed by atoms with Crippen molar-refractivity contribution in [2.24, 2.45) is 5.73 Å². The summed E-state index contributed by atoms with van der Waals surface area (Å²) >= 11 is 5.98. The minimum atomic E-state index is -0.332. The summed E-state index contributed by atoms with van der Waals surface area (Å²) in [5.41, 5.74) is 9.41. The van der Waals surface area contributed by atoms with Crippen LogP contribution in [0.3, 0.4) is 0 Å².